The largest absolute Gasteiger partial charge is 0.370 e. The summed E-state index contributed by atoms with van der Waals surface area (Å²) in [5.74, 6) is 0.890. The second-order valence-corrected chi connectivity index (χ2v) is 7.93. The van der Waals surface area contributed by atoms with Crippen molar-refractivity contribution < 1.29 is 8.42 Å². The van der Waals surface area contributed by atoms with Crippen LogP contribution >= 0.6 is 11.6 Å². The summed E-state index contributed by atoms with van der Waals surface area (Å²) in [6.07, 6.45) is 4.25. The highest BCUT2D eigenvalue weighted by Gasteiger charge is 2.17. The van der Waals surface area contributed by atoms with E-state index in [0.717, 1.165) is 35.5 Å². The summed E-state index contributed by atoms with van der Waals surface area (Å²) in [5.41, 5.74) is 2.95. The first-order valence-corrected chi connectivity index (χ1v) is 9.86. The van der Waals surface area contributed by atoms with Gasteiger partial charge in [-0.25, -0.2) is 18.4 Å². The van der Waals surface area contributed by atoms with Gasteiger partial charge in [-0.3, -0.25) is 4.72 Å². The van der Waals surface area contributed by atoms with Crippen LogP contribution < -0.4 is 10.0 Å². The fourth-order valence-electron chi connectivity index (χ4n) is 2.81. The van der Waals surface area contributed by atoms with Crippen LogP contribution in [0.25, 0.3) is 11.1 Å². The molecule has 0 fully saturated rings. The van der Waals surface area contributed by atoms with Crippen molar-refractivity contribution in [3.8, 4) is 11.1 Å². The molecular weight excluding hydrogens is 372 g/mol. The maximum atomic E-state index is 12.5. The topological polar surface area (TPSA) is 84.0 Å². The molecule has 0 bridgehead atoms. The van der Waals surface area contributed by atoms with Crippen molar-refractivity contribution >= 4 is 33.1 Å². The molecule has 0 aliphatic carbocycles. The molecule has 6 nitrogen and oxygen atoms in total. The molecule has 0 spiro atoms. The Morgan fingerprint density at radius 2 is 1.77 bits per heavy atom. The molecule has 0 saturated heterocycles. The normalized spacial score (nSPS) is 13.1. The highest BCUT2D eigenvalue weighted by atomic mass is 35.5. The van der Waals surface area contributed by atoms with E-state index in [1.165, 1.54) is 12.1 Å². The van der Waals surface area contributed by atoms with E-state index in [0.29, 0.717) is 0 Å². The van der Waals surface area contributed by atoms with Crippen molar-refractivity contribution in [2.24, 2.45) is 0 Å². The second kappa shape index (κ2) is 6.59. The average Bonchev–Trinajstić information content (AvgIpc) is 3.12. The van der Waals surface area contributed by atoms with Crippen LogP contribution in [0.15, 0.2) is 59.8 Å². The average molecular weight is 387 g/mol. The Kier molecular flexibility index (Phi) is 4.26. The summed E-state index contributed by atoms with van der Waals surface area (Å²) in [6.45, 7) is 0.868. The van der Waals surface area contributed by atoms with E-state index < -0.39 is 10.0 Å². The molecule has 2 aromatic heterocycles. The van der Waals surface area contributed by atoms with Crippen LogP contribution in [0.4, 0.5) is 11.5 Å². The fraction of sp³-hybridized carbons (Fsp3) is 0.111. The summed E-state index contributed by atoms with van der Waals surface area (Å²) >= 11 is 6.11. The lowest BCUT2D eigenvalue weighted by molar-refractivity contribution is 0.601. The van der Waals surface area contributed by atoms with Crippen molar-refractivity contribution in [2.45, 2.75) is 11.3 Å². The van der Waals surface area contributed by atoms with Crippen LogP contribution in [0.1, 0.15) is 5.56 Å². The number of nitrogens with zero attached hydrogens (tertiary/aromatic N) is 2. The van der Waals surface area contributed by atoms with Gasteiger partial charge in [-0.15, -0.1) is 0 Å². The maximum absolute atomic E-state index is 12.5. The molecule has 0 atom stereocenters. The molecule has 3 heterocycles. The Morgan fingerprint density at radius 3 is 2.58 bits per heavy atom. The number of aromatic nitrogens is 2. The number of nitrogens with one attached hydrogen (secondary N) is 2. The summed E-state index contributed by atoms with van der Waals surface area (Å²) in [6, 6.07) is 11.8. The van der Waals surface area contributed by atoms with E-state index in [9.17, 15) is 8.42 Å². The Bertz CT molecular complexity index is 1070. The van der Waals surface area contributed by atoms with Crippen molar-refractivity contribution in [1.29, 1.82) is 0 Å². The predicted octanol–water partition coefficient (Wildman–Crippen LogP) is 3.57. The van der Waals surface area contributed by atoms with E-state index in [1.54, 1.807) is 36.7 Å². The molecule has 2 N–H and O–H groups in total. The van der Waals surface area contributed by atoms with E-state index in [1.807, 2.05) is 6.07 Å². The third kappa shape index (κ3) is 3.23. The van der Waals surface area contributed by atoms with Gasteiger partial charge in [-0.2, -0.15) is 0 Å². The Morgan fingerprint density at radius 1 is 1.04 bits per heavy atom. The quantitative estimate of drug-likeness (QED) is 0.670. The third-order valence-corrected chi connectivity index (χ3v) is 5.81. The van der Waals surface area contributed by atoms with E-state index in [-0.39, 0.29) is 15.7 Å². The number of hydrogen-bond donors (Lipinski definition) is 2. The molecule has 1 aromatic carbocycles. The first-order chi connectivity index (χ1) is 12.5. The molecule has 0 radical (unpaired) electrons. The number of pyridine rings is 2. The molecule has 8 heteroatoms. The molecule has 0 unspecified atom stereocenters. The zero-order valence-electron chi connectivity index (χ0n) is 13.6. The van der Waals surface area contributed by atoms with Gasteiger partial charge < -0.3 is 5.32 Å². The van der Waals surface area contributed by atoms with E-state index in [4.69, 9.17) is 11.6 Å². The van der Waals surface area contributed by atoms with Crippen molar-refractivity contribution in [2.75, 3.05) is 16.6 Å². The molecule has 1 aliphatic rings. The Labute approximate surface area is 156 Å². The second-order valence-electron chi connectivity index (χ2n) is 5.89. The molecular formula is C18H15ClN4O2S. The third-order valence-electron chi connectivity index (χ3n) is 4.12. The van der Waals surface area contributed by atoms with Gasteiger partial charge >= 0.3 is 0 Å². The predicted molar refractivity (Wildman–Crippen MR) is 102 cm³/mol. The molecule has 1 aliphatic heterocycles. The van der Waals surface area contributed by atoms with Crippen LogP contribution in [0.5, 0.6) is 0 Å². The minimum atomic E-state index is -3.74. The first kappa shape index (κ1) is 16.8. The van der Waals surface area contributed by atoms with Crippen LogP contribution in [0.3, 0.4) is 0 Å². The van der Waals surface area contributed by atoms with Gasteiger partial charge in [-0.1, -0.05) is 29.8 Å². The fourth-order valence-corrected chi connectivity index (χ4v) is 4.10. The minimum Gasteiger partial charge on any atom is -0.370 e. The van der Waals surface area contributed by atoms with Gasteiger partial charge in [0, 0.05) is 30.1 Å². The molecule has 0 amide bonds. The van der Waals surface area contributed by atoms with Crippen LogP contribution in [-0.4, -0.2) is 24.9 Å². The van der Waals surface area contributed by atoms with E-state index >= 15 is 0 Å². The summed E-state index contributed by atoms with van der Waals surface area (Å²) in [4.78, 5) is 8.68. The zero-order chi connectivity index (χ0) is 18.1. The van der Waals surface area contributed by atoms with Gasteiger partial charge in [-0.05, 0) is 36.2 Å². The smallest absolute Gasteiger partial charge is 0.261 e. The summed E-state index contributed by atoms with van der Waals surface area (Å²) < 4.78 is 27.6. The number of fused-ring (bicyclic) bond motifs is 1. The van der Waals surface area contributed by atoms with Gasteiger partial charge in [0.1, 0.15) is 5.82 Å². The lowest BCUT2D eigenvalue weighted by Crippen LogP contribution is -2.13. The Balaban J connectivity index is 1.69. The van der Waals surface area contributed by atoms with Crippen LogP contribution in [0, 0.1) is 0 Å². The number of anilines is 2. The molecule has 3 aromatic rings. The van der Waals surface area contributed by atoms with Crippen molar-refractivity contribution in [3.63, 3.8) is 0 Å². The number of halogens is 1. The van der Waals surface area contributed by atoms with Gasteiger partial charge in [0.05, 0.1) is 10.6 Å². The number of sulfonamides is 1. The monoisotopic (exact) mass is 386 g/mol. The zero-order valence-corrected chi connectivity index (χ0v) is 15.2. The summed E-state index contributed by atoms with van der Waals surface area (Å²) in [5, 5.41) is 3.30. The molecule has 0 saturated carbocycles. The van der Waals surface area contributed by atoms with Gasteiger partial charge in [0.25, 0.3) is 10.0 Å². The number of benzene rings is 1. The molecule has 4 rings (SSSR count). The Hall–Kier alpha value is -2.64. The molecule has 26 heavy (non-hydrogen) atoms. The molecule has 132 valence electrons. The maximum Gasteiger partial charge on any atom is 0.261 e. The highest BCUT2D eigenvalue weighted by molar-refractivity contribution is 7.92. The summed E-state index contributed by atoms with van der Waals surface area (Å²) in [7, 11) is -3.74. The standard InChI is InChI=1S/C18H15ClN4O2S/c19-17-16(23-26(24,25)15-4-2-1-3-5-15)9-14(10-21-17)13-8-12-6-7-20-18(12)22-11-13/h1-5,8-11,23H,6-7H2,(H,20,22). The SMILES string of the molecule is O=S(=O)(Nc1cc(-c2cnc3c(c2)CCN3)cnc1Cl)c1ccccc1. The van der Waals surface area contributed by atoms with Gasteiger partial charge in [0.2, 0.25) is 0 Å². The van der Waals surface area contributed by atoms with Crippen LogP contribution in [0.2, 0.25) is 5.15 Å². The lowest BCUT2D eigenvalue weighted by atomic mass is 10.1. The number of rotatable bonds is 4. The van der Waals surface area contributed by atoms with Crippen molar-refractivity contribution in [1.82, 2.24) is 9.97 Å². The first-order valence-electron chi connectivity index (χ1n) is 7.99. The van der Waals surface area contributed by atoms with Crippen LogP contribution in [-0.2, 0) is 16.4 Å². The van der Waals surface area contributed by atoms with Crippen molar-refractivity contribution in [3.05, 3.63) is 65.6 Å². The van der Waals surface area contributed by atoms with Gasteiger partial charge in [0.15, 0.2) is 5.15 Å². The van der Waals surface area contributed by atoms with E-state index in [2.05, 4.69) is 20.0 Å². The lowest BCUT2D eigenvalue weighted by Gasteiger charge is -2.11. The highest BCUT2D eigenvalue weighted by Crippen LogP contribution is 2.30. The number of hydrogen-bond acceptors (Lipinski definition) is 5. The minimum absolute atomic E-state index is 0.0871.